The summed E-state index contributed by atoms with van der Waals surface area (Å²) in [6.45, 7) is 25.7. The predicted molar refractivity (Wildman–Crippen MR) is 263 cm³/mol. The van der Waals surface area contributed by atoms with Crippen LogP contribution in [0.2, 0.25) is 0 Å². The summed E-state index contributed by atoms with van der Waals surface area (Å²) in [6, 6.07) is 42.6. The summed E-state index contributed by atoms with van der Waals surface area (Å²) in [5.41, 5.74) is 18.0. The van der Waals surface area contributed by atoms with Crippen molar-refractivity contribution in [3.05, 3.63) is 149 Å². The summed E-state index contributed by atoms with van der Waals surface area (Å²) in [7, 11) is 0. The molecule has 0 saturated carbocycles. The van der Waals surface area contributed by atoms with Crippen molar-refractivity contribution in [2.45, 2.75) is 117 Å². The minimum absolute atomic E-state index is 0.00118. The Kier molecular flexibility index (Phi) is 9.14. The lowest BCUT2D eigenvalue weighted by atomic mass is 9.35. The molecule has 2 nitrogen and oxygen atoms in total. The molecule has 0 bridgehead atoms. The maximum absolute atomic E-state index is 16.2. The van der Waals surface area contributed by atoms with Gasteiger partial charge in [-0.25, -0.2) is 4.39 Å². The lowest BCUT2D eigenvalue weighted by Gasteiger charge is -2.47. The molecule has 3 heterocycles. The zero-order chi connectivity index (χ0) is 42.9. The third kappa shape index (κ3) is 6.23. The Morgan fingerprint density at radius 2 is 1.26 bits per heavy atom. The molecule has 61 heavy (non-hydrogen) atoms. The third-order valence-corrected chi connectivity index (χ3v) is 15.6. The number of benzene rings is 6. The number of hydrogen-bond acceptors (Lipinski definition) is 3. The first-order chi connectivity index (χ1) is 28.9. The van der Waals surface area contributed by atoms with Crippen molar-refractivity contribution in [2.75, 3.05) is 9.80 Å². The topological polar surface area (TPSA) is 6.48 Å². The van der Waals surface area contributed by atoms with Gasteiger partial charge < -0.3 is 9.80 Å². The number of nitrogens with zero attached hydrogens (tertiary/aromatic N) is 2. The summed E-state index contributed by atoms with van der Waals surface area (Å²) in [5, 5.41) is 1.31. The Hall–Kier alpha value is -5.13. The van der Waals surface area contributed by atoms with Gasteiger partial charge in [-0.15, -0.1) is 11.3 Å². The van der Waals surface area contributed by atoms with Crippen LogP contribution in [0.5, 0.6) is 0 Å². The summed E-state index contributed by atoms with van der Waals surface area (Å²) in [4.78, 5) is 5.07. The number of fused-ring (bicyclic) bond motifs is 7. The highest BCUT2D eigenvalue weighted by Gasteiger charge is 2.48. The zero-order valence-electron chi connectivity index (χ0n) is 37.8. The lowest BCUT2D eigenvalue weighted by molar-refractivity contribution is 0.332. The number of halogens is 1. The van der Waals surface area contributed by atoms with E-state index in [0.29, 0.717) is 11.5 Å². The van der Waals surface area contributed by atoms with E-state index in [-0.39, 0.29) is 34.7 Å². The maximum Gasteiger partial charge on any atom is 0.264 e. The van der Waals surface area contributed by atoms with E-state index >= 15 is 4.39 Å². The molecule has 308 valence electrons. The molecule has 1 aromatic heterocycles. The fourth-order valence-corrected chi connectivity index (χ4v) is 11.8. The third-order valence-electron chi connectivity index (χ3n) is 14.3. The molecule has 0 spiro atoms. The normalized spacial score (nSPS) is 16.2. The highest BCUT2D eigenvalue weighted by molar-refractivity contribution is 7.33. The number of hydrogen-bond donors (Lipinski definition) is 0. The SMILES string of the molecule is CC(C)c1ccc(N2c3cccc4c3B(c3cc5c(cc3N4c3ccc(C(C)C)cc3-c3ccccc3F)C(C)(C)CCC5(C)C)c3sc4ccc(C(C)(C)C)cc4c32)cc1. The molecule has 10 rings (SSSR count). The first-order valence-corrected chi connectivity index (χ1v) is 23.2. The van der Waals surface area contributed by atoms with Gasteiger partial charge in [-0.05, 0) is 140 Å². The van der Waals surface area contributed by atoms with Crippen molar-refractivity contribution in [2.24, 2.45) is 0 Å². The average molecular weight is 821 g/mol. The molecule has 0 amide bonds. The first kappa shape index (κ1) is 40.0. The Balaban J connectivity index is 1.34. The lowest BCUT2D eigenvalue weighted by Crippen LogP contribution is -2.61. The predicted octanol–water partition coefficient (Wildman–Crippen LogP) is 14.7. The first-order valence-electron chi connectivity index (χ1n) is 22.4. The van der Waals surface area contributed by atoms with Crippen molar-refractivity contribution in [1.29, 1.82) is 0 Å². The van der Waals surface area contributed by atoms with Gasteiger partial charge in [-0.2, -0.15) is 0 Å². The summed E-state index contributed by atoms with van der Waals surface area (Å²) < 4.78 is 18.9. The van der Waals surface area contributed by atoms with Gasteiger partial charge in [0.25, 0.3) is 6.71 Å². The Bertz CT molecular complexity index is 2890. The monoisotopic (exact) mass is 820 g/mol. The van der Waals surface area contributed by atoms with E-state index in [9.17, 15) is 0 Å². The van der Waals surface area contributed by atoms with Crippen LogP contribution in [0.25, 0.3) is 21.2 Å². The Labute approximate surface area is 367 Å². The van der Waals surface area contributed by atoms with E-state index in [1.165, 1.54) is 70.7 Å². The average Bonchev–Trinajstić information content (AvgIpc) is 3.60. The second-order valence-corrected chi connectivity index (χ2v) is 22.1. The standard InChI is InChI=1S/C56H58BFN2S/c1-33(2)35-19-23-38(24-20-35)59-47-17-14-18-48-51(47)57(53-52(59)41-30-37(54(5,6)7)22-26-50(41)61-53)44-31-42-43(56(10,11)28-27-55(42,8)9)32-49(44)60(48)46-25-21-36(34(3)4)29-40(46)39-15-12-13-16-45(39)58/h12-26,29-34H,27-28H2,1-11H3. The van der Waals surface area contributed by atoms with Crippen LogP contribution in [0.4, 0.5) is 38.5 Å². The van der Waals surface area contributed by atoms with Gasteiger partial charge in [-0.1, -0.05) is 131 Å². The molecular weight excluding hydrogens is 763 g/mol. The van der Waals surface area contributed by atoms with Crippen LogP contribution in [0.1, 0.15) is 129 Å². The van der Waals surface area contributed by atoms with Gasteiger partial charge in [0.05, 0.1) is 11.4 Å². The molecule has 0 radical (unpaired) electrons. The van der Waals surface area contributed by atoms with Crippen molar-refractivity contribution in [3.63, 3.8) is 0 Å². The van der Waals surface area contributed by atoms with Crippen LogP contribution in [0.3, 0.4) is 0 Å². The molecule has 0 atom stereocenters. The van der Waals surface area contributed by atoms with Crippen molar-refractivity contribution < 1.29 is 4.39 Å². The highest BCUT2D eigenvalue weighted by atomic mass is 32.1. The van der Waals surface area contributed by atoms with Crippen LogP contribution >= 0.6 is 11.3 Å². The maximum atomic E-state index is 16.2. The summed E-state index contributed by atoms with van der Waals surface area (Å²) in [5.74, 6) is 0.522. The van der Waals surface area contributed by atoms with Gasteiger partial charge in [0, 0.05) is 48.7 Å². The molecule has 2 aliphatic heterocycles. The van der Waals surface area contributed by atoms with Crippen molar-refractivity contribution in [3.8, 4) is 11.1 Å². The van der Waals surface area contributed by atoms with E-state index in [2.05, 4.69) is 177 Å². The van der Waals surface area contributed by atoms with E-state index in [0.717, 1.165) is 35.5 Å². The van der Waals surface area contributed by atoms with Gasteiger partial charge >= 0.3 is 0 Å². The van der Waals surface area contributed by atoms with E-state index in [4.69, 9.17) is 0 Å². The van der Waals surface area contributed by atoms with E-state index in [1.807, 2.05) is 23.5 Å². The van der Waals surface area contributed by atoms with Gasteiger partial charge in [0.15, 0.2) is 0 Å². The summed E-state index contributed by atoms with van der Waals surface area (Å²) >= 11 is 1.96. The van der Waals surface area contributed by atoms with Crippen LogP contribution in [0.15, 0.2) is 115 Å². The smallest absolute Gasteiger partial charge is 0.264 e. The van der Waals surface area contributed by atoms with E-state index < -0.39 is 0 Å². The second kappa shape index (κ2) is 13.9. The van der Waals surface area contributed by atoms with Gasteiger partial charge in [0.2, 0.25) is 0 Å². The number of rotatable bonds is 5. The van der Waals surface area contributed by atoms with Crippen LogP contribution in [0, 0.1) is 5.82 Å². The molecule has 0 unspecified atom stereocenters. The Morgan fingerprint density at radius 3 is 1.92 bits per heavy atom. The molecule has 6 aromatic carbocycles. The number of thiophene rings is 1. The van der Waals surface area contributed by atoms with Gasteiger partial charge in [0.1, 0.15) is 5.82 Å². The quantitative estimate of drug-likeness (QED) is 0.160. The molecule has 3 aliphatic rings. The zero-order valence-corrected chi connectivity index (χ0v) is 38.6. The molecule has 7 aromatic rings. The van der Waals surface area contributed by atoms with Crippen molar-refractivity contribution in [1.82, 2.24) is 0 Å². The van der Waals surface area contributed by atoms with Gasteiger partial charge in [-0.3, -0.25) is 0 Å². The number of anilines is 6. The molecule has 0 fully saturated rings. The molecule has 0 saturated heterocycles. The minimum Gasteiger partial charge on any atom is -0.311 e. The molecular formula is C56H58BFN2S. The fraction of sp³-hybridized carbons (Fsp3) is 0.321. The van der Waals surface area contributed by atoms with E-state index in [1.54, 1.807) is 12.1 Å². The fourth-order valence-electron chi connectivity index (χ4n) is 10.5. The van der Waals surface area contributed by atoms with Crippen LogP contribution < -0.4 is 25.5 Å². The summed E-state index contributed by atoms with van der Waals surface area (Å²) in [6.07, 6.45) is 2.26. The largest absolute Gasteiger partial charge is 0.311 e. The molecule has 1 aliphatic carbocycles. The minimum atomic E-state index is -0.205. The molecule has 5 heteroatoms. The van der Waals surface area contributed by atoms with Crippen LogP contribution in [-0.2, 0) is 16.2 Å². The second-order valence-electron chi connectivity index (χ2n) is 21.0. The van der Waals surface area contributed by atoms with Crippen LogP contribution in [-0.4, -0.2) is 6.71 Å². The Morgan fingerprint density at radius 1 is 0.623 bits per heavy atom. The van der Waals surface area contributed by atoms with Crippen molar-refractivity contribution >= 4 is 78.0 Å². The highest BCUT2D eigenvalue weighted by Crippen LogP contribution is 2.53. The molecule has 0 N–H and O–H groups in total.